The number of rotatable bonds is 2. The van der Waals surface area contributed by atoms with Gasteiger partial charge in [0.05, 0.1) is 6.42 Å². The maximum atomic E-state index is 11.2. The summed E-state index contributed by atoms with van der Waals surface area (Å²) < 4.78 is 0. The van der Waals surface area contributed by atoms with Crippen molar-refractivity contribution in [3.05, 3.63) is 29.3 Å². The second-order valence-electron chi connectivity index (χ2n) is 3.83. The van der Waals surface area contributed by atoms with Gasteiger partial charge in [-0.1, -0.05) is 12.1 Å². The second kappa shape index (κ2) is 4.25. The highest BCUT2D eigenvalue weighted by Gasteiger charge is 2.17. The second-order valence-corrected chi connectivity index (χ2v) is 4.50. The van der Waals surface area contributed by atoms with Gasteiger partial charge >= 0.3 is 0 Å². The van der Waals surface area contributed by atoms with Crippen molar-refractivity contribution in [1.82, 2.24) is 4.90 Å². The van der Waals surface area contributed by atoms with E-state index in [1.807, 2.05) is 18.2 Å². The van der Waals surface area contributed by atoms with Gasteiger partial charge in [0.1, 0.15) is 0 Å². The fourth-order valence-electron chi connectivity index (χ4n) is 1.72. The van der Waals surface area contributed by atoms with Gasteiger partial charge in [0.15, 0.2) is 0 Å². The Hall–Kier alpha value is -1.36. The Labute approximate surface area is 102 Å². The molecule has 0 fully saturated rings. The monoisotopic (exact) mass is 282 g/mol. The summed E-state index contributed by atoms with van der Waals surface area (Å²) in [6.07, 6.45) is 0.426. The Morgan fingerprint density at radius 2 is 2.31 bits per heavy atom. The summed E-state index contributed by atoms with van der Waals surface area (Å²) >= 11 is 2.89. The van der Waals surface area contributed by atoms with Gasteiger partial charge in [-0.05, 0) is 17.2 Å². The van der Waals surface area contributed by atoms with E-state index in [-0.39, 0.29) is 10.7 Å². The number of nitrogens with zero attached hydrogens (tertiary/aromatic N) is 1. The minimum atomic E-state index is -0.151. The van der Waals surface area contributed by atoms with Gasteiger partial charge in [-0.15, -0.1) is 0 Å². The third-order valence-electron chi connectivity index (χ3n) is 2.51. The number of amides is 2. The predicted octanol–water partition coefficient (Wildman–Crippen LogP) is 2.13. The van der Waals surface area contributed by atoms with Crippen LogP contribution in [0.15, 0.2) is 18.2 Å². The summed E-state index contributed by atoms with van der Waals surface area (Å²) in [5.41, 5.74) is 2.89. The first-order valence-corrected chi connectivity index (χ1v) is 5.68. The minimum absolute atomic E-state index is 0.0251. The van der Waals surface area contributed by atoms with Crippen LogP contribution in [0.25, 0.3) is 0 Å². The lowest BCUT2D eigenvalue weighted by molar-refractivity contribution is -0.115. The highest BCUT2D eigenvalue weighted by Crippen LogP contribution is 2.24. The van der Waals surface area contributed by atoms with Gasteiger partial charge < -0.3 is 10.2 Å². The number of halogens is 1. The molecule has 1 aromatic rings. The number of carbonyl (C=O) groups excluding carboxylic acids is 2. The maximum absolute atomic E-state index is 11.2. The van der Waals surface area contributed by atoms with Crippen LogP contribution in [0.1, 0.15) is 11.1 Å². The number of fused-ring (bicyclic) bond motifs is 1. The van der Waals surface area contributed by atoms with Crippen molar-refractivity contribution in [3.8, 4) is 0 Å². The molecular formula is C11H11BrN2O2. The van der Waals surface area contributed by atoms with E-state index in [0.717, 1.165) is 16.8 Å². The standard InChI is InChI=1S/C11H11BrN2O2/c1-14(11(12)16)6-7-2-3-9-8(4-7)5-10(15)13-9/h2-4H,5-6H2,1H3,(H,13,15). The van der Waals surface area contributed by atoms with E-state index >= 15 is 0 Å². The van der Waals surface area contributed by atoms with Gasteiger partial charge in [-0.3, -0.25) is 9.59 Å². The van der Waals surface area contributed by atoms with Crippen molar-refractivity contribution in [2.24, 2.45) is 0 Å². The molecule has 1 N–H and O–H groups in total. The summed E-state index contributed by atoms with van der Waals surface area (Å²) in [4.78, 5) is 23.6. The summed E-state index contributed by atoms with van der Waals surface area (Å²) in [5, 5.41) is 2.77. The summed E-state index contributed by atoms with van der Waals surface area (Å²) in [7, 11) is 1.72. The average molecular weight is 283 g/mol. The van der Waals surface area contributed by atoms with Crippen molar-refractivity contribution >= 4 is 32.3 Å². The Morgan fingerprint density at radius 3 is 3.00 bits per heavy atom. The lowest BCUT2D eigenvalue weighted by atomic mass is 10.1. The molecule has 0 radical (unpaired) electrons. The predicted molar refractivity (Wildman–Crippen MR) is 64.6 cm³/mol. The largest absolute Gasteiger partial charge is 0.332 e. The molecule has 2 rings (SSSR count). The molecule has 0 aromatic heterocycles. The molecule has 0 saturated carbocycles. The van der Waals surface area contributed by atoms with Gasteiger partial charge in [-0.25, -0.2) is 0 Å². The van der Waals surface area contributed by atoms with E-state index in [4.69, 9.17) is 0 Å². The zero-order valence-corrected chi connectivity index (χ0v) is 10.4. The smallest absolute Gasteiger partial charge is 0.289 e. The van der Waals surface area contributed by atoms with Crippen LogP contribution in [0.5, 0.6) is 0 Å². The highest BCUT2D eigenvalue weighted by atomic mass is 79.9. The number of nitrogens with one attached hydrogen (secondary N) is 1. The molecule has 0 spiro atoms. The third kappa shape index (κ3) is 2.24. The van der Waals surface area contributed by atoms with Crippen molar-refractivity contribution in [1.29, 1.82) is 0 Å². The number of carbonyl (C=O) groups is 2. The van der Waals surface area contributed by atoms with Crippen LogP contribution in [-0.4, -0.2) is 22.7 Å². The molecule has 0 atom stereocenters. The van der Waals surface area contributed by atoms with Crippen LogP contribution in [0.4, 0.5) is 10.5 Å². The van der Waals surface area contributed by atoms with Gasteiger partial charge in [0.25, 0.3) is 4.82 Å². The first-order chi connectivity index (χ1) is 7.56. The number of hydrogen-bond donors (Lipinski definition) is 1. The molecular weight excluding hydrogens is 272 g/mol. The van der Waals surface area contributed by atoms with Crippen LogP contribution < -0.4 is 5.32 Å². The Kier molecular flexibility index (Phi) is 2.96. The van der Waals surface area contributed by atoms with E-state index in [9.17, 15) is 9.59 Å². The van der Waals surface area contributed by atoms with Crippen molar-refractivity contribution in [2.75, 3.05) is 12.4 Å². The molecule has 0 bridgehead atoms. The topological polar surface area (TPSA) is 49.4 Å². The van der Waals surface area contributed by atoms with E-state index in [2.05, 4.69) is 21.2 Å². The SMILES string of the molecule is CN(Cc1ccc2c(c1)CC(=O)N2)C(=O)Br. The van der Waals surface area contributed by atoms with Crippen molar-refractivity contribution in [3.63, 3.8) is 0 Å². The summed E-state index contributed by atoms with van der Waals surface area (Å²) in [5.74, 6) is 0.0251. The normalized spacial score (nSPS) is 13.2. The lowest BCUT2D eigenvalue weighted by Crippen LogP contribution is -2.19. The van der Waals surface area contributed by atoms with E-state index in [1.54, 1.807) is 11.9 Å². The van der Waals surface area contributed by atoms with Crippen LogP contribution in [0.3, 0.4) is 0 Å². The molecule has 1 aliphatic rings. The molecule has 16 heavy (non-hydrogen) atoms. The van der Waals surface area contributed by atoms with E-state index < -0.39 is 0 Å². The molecule has 1 heterocycles. The molecule has 2 amide bonds. The minimum Gasteiger partial charge on any atom is -0.332 e. The molecule has 1 aliphatic heterocycles. The molecule has 0 aliphatic carbocycles. The lowest BCUT2D eigenvalue weighted by Gasteiger charge is -2.14. The van der Waals surface area contributed by atoms with E-state index in [0.29, 0.717) is 13.0 Å². The van der Waals surface area contributed by atoms with Gasteiger partial charge in [0.2, 0.25) is 5.91 Å². The fraction of sp³-hybridized carbons (Fsp3) is 0.273. The number of hydrogen-bond acceptors (Lipinski definition) is 2. The van der Waals surface area contributed by atoms with Gasteiger partial charge in [-0.2, -0.15) is 0 Å². The third-order valence-corrected chi connectivity index (χ3v) is 3.12. The molecule has 0 unspecified atom stereocenters. The van der Waals surface area contributed by atoms with Crippen molar-refractivity contribution < 1.29 is 9.59 Å². The van der Waals surface area contributed by atoms with Crippen LogP contribution in [0.2, 0.25) is 0 Å². The first-order valence-electron chi connectivity index (χ1n) is 4.88. The summed E-state index contributed by atoms with van der Waals surface area (Å²) in [6, 6.07) is 5.75. The molecule has 84 valence electrons. The number of benzene rings is 1. The molecule has 1 aromatic carbocycles. The molecule has 4 nitrogen and oxygen atoms in total. The van der Waals surface area contributed by atoms with Crippen LogP contribution in [-0.2, 0) is 17.8 Å². The Bertz CT molecular complexity index is 459. The number of anilines is 1. The Balaban J connectivity index is 2.16. The average Bonchev–Trinajstić information content (AvgIpc) is 2.57. The van der Waals surface area contributed by atoms with Crippen LogP contribution >= 0.6 is 15.9 Å². The fourth-order valence-corrected chi connectivity index (χ4v) is 1.84. The summed E-state index contributed by atoms with van der Waals surface area (Å²) in [6.45, 7) is 0.533. The highest BCUT2D eigenvalue weighted by molar-refractivity contribution is 9.18. The first kappa shape index (κ1) is 11.1. The maximum Gasteiger partial charge on any atom is 0.289 e. The zero-order chi connectivity index (χ0) is 11.7. The Morgan fingerprint density at radius 1 is 1.56 bits per heavy atom. The van der Waals surface area contributed by atoms with Crippen molar-refractivity contribution in [2.45, 2.75) is 13.0 Å². The van der Waals surface area contributed by atoms with Crippen LogP contribution in [0, 0.1) is 0 Å². The molecule has 0 saturated heterocycles. The quantitative estimate of drug-likeness (QED) is 0.667. The molecule has 5 heteroatoms. The zero-order valence-electron chi connectivity index (χ0n) is 8.79. The van der Waals surface area contributed by atoms with E-state index in [1.165, 1.54) is 0 Å². The van der Waals surface area contributed by atoms with Gasteiger partial charge in [0, 0.05) is 35.2 Å².